The molecule has 0 aliphatic carbocycles. The van der Waals surface area contributed by atoms with Crippen LogP contribution in [0.1, 0.15) is 17.4 Å². The van der Waals surface area contributed by atoms with Crippen molar-refractivity contribution in [2.24, 2.45) is 4.99 Å². The van der Waals surface area contributed by atoms with Gasteiger partial charge in [-0.3, -0.25) is 14.6 Å². The number of hydrogen-bond donors (Lipinski definition) is 1. The van der Waals surface area contributed by atoms with Crippen LogP contribution < -0.4 is 4.57 Å². The van der Waals surface area contributed by atoms with Gasteiger partial charge in [0, 0.05) is 14.1 Å². The van der Waals surface area contributed by atoms with Crippen LogP contribution in [0.15, 0.2) is 4.99 Å². The van der Waals surface area contributed by atoms with Crippen LogP contribution in [0.5, 0.6) is 0 Å². The Morgan fingerprint density at radius 2 is 1.90 bits per heavy atom. The van der Waals surface area contributed by atoms with E-state index in [2.05, 4.69) is 4.99 Å². The first-order valence-corrected chi connectivity index (χ1v) is 6.76. The highest BCUT2D eigenvalue weighted by molar-refractivity contribution is 6.20. The van der Waals surface area contributed by atoms with Crippen LogP contribution in [0.4, 0.5) is 10.7 Å². The van der Waals surface area contributed by atoms with Crippen LogP contribution >= 0.6 is 0 Å². The lowest BCUT2D eigenvalue weighted by atomic mass is 10.1. The molecule has 3 heterocycles. The molecule has 1 saturated heterocycles. The third kappa shape index (κ3) is 1.59. The second-order valence-corrected chi connectivity index (χ2v) is 5.33. The molecule has 3 amide bonds. The number of fused-ring (bicyclic) bond motifs is 3. The lowest BCUT2D eigenvalue weighted by molar-refractivity contribution is -0.690. The summed E-state index contributed by atoms with van der Waals surface area (Å²) in [5.41, 5.74) is 1.86. The fraction of sp³-hybridized carbons (Fsp3) is 0.538. The maximum Gasteiger partial charge on any atom is 0.402 e. The van der Waals surface area contributed by atoms with Crippen molar-refractivity contribution in [3.8, 4) is 0 Å². The Labute approximate surface area is 121 Å². The lowest BCUT2D eigenvalue weighted by Crippen LogP contribution is -2.56. The van der Waals surface area contributed by atoms with E-state index in [-0.39, 0.29) is 18.5 Å². The zero-order chi connectivity index (χ0) is 15.5. The quantitative estimate of drug-likeness (QED) is 0.746. The Kier molecular flexibility index (Phi) is 2.87. The molecule has 21 heavy (non-hydrogen) atoms. The van der Waals surface area contributed by atoms with E-state index in [4.69, 9.17) is 0 Å². The fourth-order valence-electron chi connectivity index (χ4n) is 2.95. The smallest absolute Gasteiger partial charge is 0.393 e. The molecule has 1 N–H and O–H groups in total. The highest BCUT2D eigenvalue weighted by Crippen LogP contribution is 2.34. The molecule has 0 spiro atoms. The first kappa shape index (κ1) is 13.7. The van der Waals surface area contributed by atoms with Gasteiger partial charge in [0.05, 0.1) is 13.2 Å². The molecule has 2 aliphatic rings. The molecular weight excluding hydrogens is 274 g/mol. The van der Waals surface area contributed by atoms with E-state index in [9.17, 15) is 14.7 Å². The predicted molar refractivity (Wildman–Crippen MR) is 73.2 cm³/mol. The molecule has 8 nitrogen and oxygen atoms in total. The first-order chi connectivity index (χ1) is 9.90. The molecule has 1 atom stereocenters. The van der Waals surface area contributed by atoms with Gasteiger partial charge < -0.3 is 5.11 Å². The maximum absolute atomic E-state index is 12.5. The number of imide groups is 1. The molecule has 0 bridgehead atoms. The number of aliphatic hydroxyl groups is 1. The molecular formula is C13H18N5O3+. The first-order valence-electron chi connectivity index (χ1n) is 6.76. The molecule has 0 radical (unpaired) electrons. The van der Waals surface area contributed by atoms with Crippen LogP contribution in [-0.2, 0) is 11.3 Å². The number of aliphatic imine (C=N–C) groups is 1. The Balaban J connectivity index is 2.21. The number of aromatic nitrogens is 2. The number of carbonyl (C=O) groups is 2. The third-order valence-corrected chi connectivity index (χ3v) is 4.27. The van der Waals surface area contributed by atoms with E-state index >= 15 is 0 Å². The van der Waals surface area contributed by atoms with Gasteiger partial charge in [0.15, 0.2) is 0 Å². The zero-order valence-corrected chi connectivity index (χ0v) is 12.5. The number of rotatable bonds is 2. The number of amidine groups is 1. The standard InChI is InChI=1S/C13H18N5O3/c1-7-8(2)18-9-10(14-12(18)17(7)5-6-19)15(3)13(21)16(4)11(9)20/h9,19H,5-6H2,1-4H3/q+1. The molecule has 0 aromatic carbocycles. The normalized spacial score (nSPS) is 20.8. The highest BCUT2D eigenvalue weighted by atomic mass is 16.3. The van der Waals surface area contributed by atoms with E-state index in [1.807, 2.05) is 23.0 Å². The Morgan fingerprint density at radius 3 is 2.52 bits per heavy atom. The third-order valence-electron chi connectivity index (χ3n) is 4.27. The van der Waals surface area contributed by atoms with Crippen molar-refractivity contribution in [1.29, 1.82) is 0 Å². The van der Waals surface area contributed by atoms with Gasteiger partial charge in [0.2, 0.25) is 11.9 Å². The summed E-state index contributed by atoms with van der Waals surface area (Å²) < 4.78 is 3.70. The van der Waals surface area contributed by atoms with Gasteiger partial charge in [-0.25, -0.2) is 13.9 Å². The van der Waals surface area contributed by atoms with Gasteiger partial charge in [0.25, 0.3) is 5.91 Å². The van der Waals surface area contributed by atoms with Crippen molar-refractivity contribution in [3.05, 3.63) is 11.4 Å². The molecule has 112 valence electrons. The van der Waals surface area contributed by atoms with Gasteiger partial charge in [-0.15, -0.1) is 0 Å². The predicted octanol–water partition coefficient (Wildman–Crippen LogP) is -0.507. The largest absolute Gasteiger partial charge is 0.402 e. The monoisotopic (exact) mass is 292 g/mol. The minimum atomic E-state index is -0.605. The summed E-state index contributed by atoms with van der Waals surface area (Å²) in [7, 11) is 3.09. The van der Waals surface area contributed by atoms with E-state index in [1.54, 1.807) is 7.05 Å². The number of hydrogen-bond acceptors (Lipinski definition) is 4. The number of aliphatic hydroxyl groups excluding tert-OH is 1. The Bertz CT molecular complexity index is 690. The molecule has 1 aromatic rings. The summed E-state index contributed by atoms with van der Waals surface area (Å²) in [5, 5.41) is 9.21. The summed E-state index contributed by atoms with van der Waals surface area (Å²) >= 11 is 0. The average Bonchev–Trinajstić information content (AvgIpc) is 2.95. The van der Waals surface area contributed by atoms with Crippen molar-refractivity contribution in [2.45, 2.75) is 26.4 Å². The maximum atomic E-state index is 12.5. The van der Waals surface area contributed by atoms with Gasteiger partial charge in [-0.2, -0.15) is 0 Å². The van der Waals surface area contributed by atoms with E-state index in [1.165, 1.54) is 11.9 Å². The van der Waals surface area contributed by atoms with Gasteiger partial charge >= 0.3 is 12.0 Å². The highest BCUT2D eigenvalue weighted by Gasteiger charge is 2.53. The molecule has 1 fully saturated rings. The molecule has 0 saturated carbocycles. The molecule has 8 heteroatoms. The summed E-state index contributed by atoms with van der Waals surface area (Å²) in [4.78, 5) is 31.5. The van der Waals surface area contributed by atoms with E-state index < -0.39 is 6.04 Å². The summed E-state index contributed by atoms with van der Waals surface area (Å²) in [6.07, 6.45) is 0. The summed E-state index contributed by atoms with van der Waals surface area (Å²) in [6, 6.07) is -0.991. The van der Waals surface area contributed by atoms with Crippen molar-refractivity contribution in [1.82, 2.24) is 14.4 Å². The number of likely N-dealkylation sites (N-methyl/N-ethyl adjacent to an activating group) is 2. The fourth-order valence-corrected chi connectivity index (χ4v) is 2.95. The minimum absolute atomic E-state index is 0.0138. The number of nitrogens with zero attached hydrogens (tertiary/aromatic N) is 5. The lowest BCUT2D eigenvalue weighted by Gasteiger charge is -2.30. The van der Waals surface area contributed by atoms with Crippen molar-refractivity contribution in [3.63, 3.8) is 0 Å². The SMILES string of the molecule is Cc1c(C)[n+](CCO)c2n1C1C(=O)N(C)C(=O)N(C)C1=N2. The second-order valence-electron chi connectivity index (χ2n) is 5.33. The van der Waals surface area contributed by atoms with Crippen molar-refractivity contribution < 1.29 is 19.3 Å². The number of carbonyl (C=O) groups excluding carboxylic acids is 2. The van der Waals surface area contributed by atoms with Crippen molar-refractivity contribution >= 4 is 23.7 Å². The minimum Gasteiger partial charge on any atom is -0.393 e. The van der Waals surface area contributed by atoms with Crippen LogP contribution in [-0.4, -0.2) is 57.9 Å². The van der Waals surface area contributed by atoms with E-state index in [0.717, 1.165) is 16.3 Å². The topological polar surface area (TPSA) is 82.0 Å². The molecule has 1 unspecified atom stereocenters. The molecule has 1 aromatic heterocycles. The Hall–Kier alpha value is -2.22. The number of amides is 3. The van der Waals surface area contributed by atoms with Crippen LogP contribution in [0.3, 0.4) is 0 Å². The zero-order valence-electron chi connectivity index (χ0n) is 12.5. The number of urea groups is 1. The second kappa shape index (κ2) is 4.39. The van der Waals surface area contributed by atoms with Gasteiger partial charge in [-0.1, -0.05) is 4.99 Å². The van der Waals surface area contributed by atoms with E-state index in [0.29, 0.717) is 18.3 Å². The van der Waals surface area contributed by atoms with Gasteiger partial charge in [0.1, 0.15) is 11.4 Å². The molecule has 2 aliphatic heterocycles. The van der Waals surface area contributed by atoms with Gasteiger partial charge in [-0.05, 0) is 13.8 Å². The van der Waals surface area contributed by atoms with Crippen molar-refractivity contribution in [2.75, 3.05) is 20.7 Å². The average molecular weight is 292 g/mol. The van der Waals surface area contributed by atoms with Crippen LogP contribution in [0, 0.1) is 13.8 Å². The summed E-state index contributed by atoms with van der Waals surface area (Å²) in [6.45, 7) is 4.23. The Morgan fingerprint density at radius 1 is 1.24 bits per heavy atom. The number of imidazole rings is 1. The molecule has 3 rings (SSSR count). The summed E-state index contributed by atoms with van der Waals surface area (Å²) in [5.74, 6) is 0.750. The van der Waals surface area contributed by atoms with Crippen LogP contribution in [0.25, 0.3) is 0 Å². The van der Waals surface area contributed by atoms with Crippen LogP contribution in [0.2, 0.25) is 0 Å².